The SMILES string of the molecule is Cc1cncc(C(=O)N(CCO)CCO)c1. The molecule has 0 aliphatic carbocycles. The maximum Gasteiger partial charge on any atom is 0.255 e. The van der Waals surface area contributed by atoms with Crippen LogP contribution in [0, 0.1) is 6.92 Å². The molecule has 0 spiro atoms. The fraction of sp³-hybridized carbons (Fsp3) is 0.455. The molecule has 0 atom stereocenters. The van der Waals surface area contributed by atoms with E-state index in [1.165, 1.54) is 11.1 Å². The van der Waals surface area contributed by atoms with Crippen LogP contribution in [0.5, 0.6) is 0 Å². The van der Waals surface area contributed by atoms with Gasteiger partial charge in [-0.05, 0) is 18.6 Å². The van der Waals surface area contributed by atoms with Gasteiger partial charge < -0.3 is 15.1 Å². The van der Waals surface area contributed by atoms with Crippen molar-refractivity contribution in [2.45, 2.75) is 6.92 Å². The van der Waals surface area contributed by atoms with Crippen molar-refractivity contribution in [2.24, 2.45) is 0 Å². The number of carbonyl (C=O) groups is 1. The average Bonchev–Trinajstić information content (AvgIpc) is 2.28. The maximum absolute atomic E-state index is 11.9. The monoisotopic (exact) mass is 224 g/mol. The summed E-state index contributed by atoms with van der Waals surface area (Å²) in [4.78, 5) is 17.3. The number of aromatic nitrogens is 1. The number of amides is 1. The van der Waals surface area contributed by atoms with E-state index in [9.17, 15) is 4.79 Å². The van der Waals surface area contributed by atoms with Crippen molar-refractivity contribution in [3.8, 4) is 0 Å². The van der Waals surface area contributed by atoms with Crippen LogP contribution in [0.2, 0.25) is 0 Å². The number of aliphatic hydroxyl groups is 2. The van der Waals surface area contributed by atoms with E-state index in [1.54, 1.807) is 12.3 Å². The Kier molecular flexibility index (Phi) is 4.88. The van der Waals surface area contributed by atoms with Crippen LogP contribution in [0.15, 0.2) is 18.5 Å². The van der Waals surface area contributed by atoms with E-state index >= 15 is 0 Å². The first-order valence-electron chi connectivity index (χ1n) is 5.11. The summed E-state index contributed by atoms with van der Waals surface area (Å²) < 4.78 is 0. The molecule has 2 N–H and O–H groups in total. The summed E-state index contributed by atoms with van der Waals surface area (Å²) in [5.74, 6) is -0.223. The molecule has 0 saturated carbocycles. The van der Waals surface area contributed by atoms with Crippen molar-refractivity contribution in [3.63, 3.8) is 0 Å². The molecule has 0 fully saturated rings. The Labute approximate surface area is 94.4 Å². The third-order valence-corrected chi connectivity index (χ3v) is 2.15. The third kappa shape index (κ3) is 3.29. The van der Waals surface area contributed by atoms with Gasteiger partial charge in [-0.2, -0.15) is 0 Å². The molecule has 88 valence electrons. The number of rotatable bonds is 5. The molecule has 1 aromatic rings. The van der Waals surface area contributed by atoms with Crippen LogP contribution >= 0.6 is 0 Å². The second-order valence-electron chi connectivity index (χ2n) is 3.49. The minimum Gasteiger partial charge on any atom is -0.395 e. The van der Waals surface area contributed by atoms with Crippen molar-refractivity contribution in [1.29, 1.82) is 0 Å². The van der Waals surface area contributed by atoms with Crippen molar-refractivity contribution < 1.29 is 15.0 Å². The van der Waals surface area contributed by atoms with Crippen molar-refractivity contribution in [2.75, 3.05) is 26.3 Å². The van der Waals surface area contributed by atoms with Gasteiger partial charge in [0.1, 0.15) is 0 Å². The van der Waals surface area contributed by atoms with Gasteiger partial charge in [0, 0.05) is 25.5 Å². The van der Waals surface area contributed by atoms with Crippen LogP contribution in [0.4, 0.5) is 0 Å². The van der Waals surface area contributed by atoms with E-state index in [0.29, 0.717) is 5.56 Å². The van der Waals surface area contributed by atoms with Gasteiger partial charge >= 0.3 is 0 Å². The molecule has 0 radical (unpaired) electrons. The van der Waals surface area contributed by atoms with E-state index in [2.05, 4.69) is 4.98 Å². The lowest BCUT2D eigenvalue weighted by Gasteiger charge is -2.20. The van der Waals surface area contributed by atoms with E-state index in [1.807, 2.05) is 6.92 Å². The molecule has 0 saturated heterocycles. The molecule has 5 heteroatoms. The summed E-state index contributed by atoms with van der Waals surface area (Å²) in [7, 11) is 0. The predicted octanol–water partition coefficient (Wildman–Crippen LogP) is -0.183. The standard InChI is InChI=1S/C11H16N2O3/c1-9-6-10(8-12-7-9)11(16)13(2-4-14)3-5-15/h6-8,14-15H,2-5H2,1H3. The molecule has 1 rings (SSSR count). The quantitative estimate of drug-likeness (QED) is 0.727. The molecule has 1 amide bonds. The number of aliphatic hydroxyl groups excluding tert-OH is 2. The highest BCUT2D eigenvalue weighted by atomic mass is 16.3. The summed E-state index contributed by atoms with van der Waals surface area (Å²) in [6.07, 6.45) is 3.15. The summed E-state index contributed by atoms with van der Waals surface area (Å²) in [6, 6.07) is 1.73. The van der Waals surface area contributed by atoms with Gasteiger partial charge in [-0.15, -0.1) is 0 Å². The smallest absolute Gasteiger partial charge is 0.255 e. The zero-order chi connectivity index (χ0) is 12.0. The van der Waals surface area contributed by atoms with Crippen LogP contribution in [0.25, 0.3) is 0 Å². The lowest BCUT2D eigenvalue weighted by Crippen LogP contribution is -2.35. The molecular formula is C11H16N2O3. The summed E-state index contributed by atoms with van der Waals surface area (Å²) in [5.41, 5.74) is 1.38. The lowest BCUT2D eigenvalue weighted by atomic mass is 10.2. The van der Waals surface area contributed by atoms with E-state index in [0.717, 1.165) is 5.56 Å². The number of pyridine rings is 1. The fourth-order valence-corrected chi connectivity index (χ4v) is 1.41. The maximum atomic E-state index is 11.9. The first kappa shape index (κ1) is 12.6. The zero-order valence-corrected chi connectivity index (χ0v) is 9.26. The molecule has 0 aromatic carbocycles. The highest BCUT2D eigenvalue weighted by molar-refractivity contribution is 5.94. The normalized spacial score (nSPS) is 10.2. The fourth-order valence-electron chi connectivity index (χ4n) is 1.41. The highest BCUT2D eigenvalue weighted by Crippen LogP contribution is 2.05. The van der Waals surface area contributed by atoms with Crippen molar-refractivity contribution >= 4 is 5.91 Å². The van der Waals surface area contributed by atoms with Crippen LogP contribution in [0.3, 0.4) is 0 Å². The van der Waals surface area contributed by atoms with E-state index in [-0.39, 0.29) is 32.2 Å². The van der Waals surface area contributed by atoms with Crippen LogP contribution in [-0.4, -0.2) is 52.3 Å². The number of carbonyl (C=O) groups excluding carboxylic acids is 1. The first-order chi connectivity index (χ1) is 7.69. The Morgan fingerprint density at radius 3 is 2.44 bits per heavy atom. The Morgan fingerprint density at radius 1 is 1.31 bits per heavy atom. The predicted molar refractivity (Wildman–Crippen MR) is 59.0 cm³/mol. The Hall–Kier alpha value is -1.46. The second-order valence-corrected chi connectivity index (χ2v) is 3.49. The highest BCUT2D eigenvalue weighted by Gasteiger charge is 2.14. The topological polar surface area (TPSA) is 73.7 Å². The molecular weight excluding hydrogens is 208 g/mol. The number of hydrogen-bond donors (Lipinski definition) is 2. The molecule has 1 heterocycles. The van der Waals surface area contributed by atoms with E-state index in [4.69, 9.17) is 10.2 Å². The molecule has 16 heavy (non-hydrogen) atoms. The largest absolute Gasteiger partial charge is 0.395 e. The summed E-state index contributed by atoms with van der Waals surface area (Å²) >= 11 is 0. The molecule has 0 unspecified atom stereocenters. The Balaban J connectivity index is 2.81. The minimum atomic E-state index is -0.223. The van der Waals surface area contributed by atoms with Gasteiger partial charge in [0.25, 0.3) is 5.91 Å². The van der Waals surface area contributed by atoms with Gasteiger partial charge in [0.15, 0.2) is 0 Å². The van der Waals surface area contributed by atoms with Crippen LogP contribution in [0.1, 0.15) is 15.9 Å². The molecule has 1 aromatic heterocycles. The zero-order valence-electron chi connectivity index (χ0n) is 9.26. The summed E-state index contributed by atoms with van der Waals surface area (Å²) in [6.45, 7) is 2.04. The minimum absolute atomic E-state index is 0.120. The van der Waals surface area contributed by atoms with Crippen LogP contribution in [-0.2, 0) is 0 Å². The number of hydrogen-bond acceptors (Lipinski definition) is 4. The molecule has 5 nitrogen and oxygen atoms in total. The molecule has 0 bridgehead atoms. The first-order valence-corrected chi connectivity index (χ1v) is 5.11. The number of aryl methyl sites for hydroxylation is 1. The van der Waals surface area contributed by atoms with Gasteiger partial charge in [-0.3, -0.25) is 9.78 Å². The van der Waals surface area contributed by atoms with Crippen molar-refractivity contribution in [3.05, 3.63) is 29.6 Å². The van der Waals surface area contributed by atoms with Gasteiger partial charge in [0.05, 0.1) is 18.8 Å². The summed E-state index contributed by atoms with van der Waals surface area (Å²) in [5, 5.41) is 17.6. The Morgan fingerprint density at radius 2 is 1.94 bits per heavy atom. The van der Waals surface area contributed by atoms with Crippen molar-refractivity contribution in [1.82, 2.24) is 9.88 Å². The van der Waals surface area contributed by atoms with Gasteiger partial charge in [0.2, 0.25) is 0 Å². The lowest BCUT2D eigenvalue weighted by molar-refractivity contribution is 0.0684. The molecule has 0 aliphatic rings. The Bertz CT molecular complexity index is 349. The third-order valence-electron chi connectivity index (χ3n) is 2.15. The van der Waals surface area contributed by atoms with Crippen LogP contribution < -0.4 is 0 Å². The van der Waals surface area contributed by atoms with E-state index < -0.39 is 0 Å². The van der Waals surface area contributed by atoms with Gasteiger partial charge in [-0.25, -0.2) is 0 Å². The second kappa shape index (κ2) is 6.19. The average molecular weight is 224 g/mol. The number of nitrogens with zero attached hydrogens (tertiary/aromatic N) is 2. The molecule has 0 aliphatic heterocycles. The van der Waals surface area contributed by atoms with Gasteiger partial charge in [-0.1, -0.05) is 0 Å².